The average molecular weight is 339 g/mol. The standard InChI is InChI=1S/C16H19FN4O.ClH/c17-13-3-1-2-4-15(13)21-10-7-14(20-21)16(22)19-11-12-5-8-18-9-6-12;/h1-4,7,10,12,18H,5-6,8-9,11H2,(H,19,22);1H. The molecule has 0 radical (unpaired) electrons. The van der Waals surface area contributed by atoms with Gasteiger partial charge >= 0.3 is 0 Å². The molecule has 2 aromatic rings. The number of para-hydroxylation sites is 1. The molecular formula is C16H20ClFN4O. The molecule has 5 nitrogen and oxygen atoms in total. The second-order valence-electron chi connectivity index (χ2n) is 5.50. The lowest BCUT2D eigenvalue weighted by Crippen LogP contribution is -2.36. The van der Waals surface area contributed by atoms with Crippen molar-refractivity contribution in [2.75, 3.05) is 19.6 Å². The fraction of sp³-hybridized carbons (Fsp3) is 0.375. The predicted molar refractivity (Wildman–Crippen MR) is 88.7 cm³/mol. The molecule has 0 aliphatic carbocycles. The van der Waals surface area contributed by atoms with Gasteiger partial charge in [0, 0.05) is 12.7 Å². The first-order valence-electron chi connectivity index (χ1n) is 7.53. The van der Waals surface area contributed by atoms with Gasteiger partial charge in [-0.15, -0.1) is 12.4 Å². The summed E-state index contributed by atoms with van der Waals surface area (Å²) in [5.74, 6) is -0.0697. The number of benzene rings is 1. The Morgan fingerprint density at radius 3 is 2.78 bits per heavy atom. The number of piperidine rings is 1. The minimum atomic E-state index is -0.368. The van der Waals surface area contributed by atoms with Gasteiger partial charge in [-0.2, -0.15) is 5.10 Å². The van der Waals surface area contributed by atoms with Crippen molar-refractivity contribution in [3.63, 3.8) is 0 Å². The maximum absolute atomic E-state index is 13.7. The average Bonchev–Trinajstić information content (AvgIpc) is 3.04. The lowest BCUT2D eigenvalue weighted by atomic mass is 9.98. The van der Waals surface area contributed by atoms with Crippen LogP contribution in [0.25, 0.3) is 5.69 Å². The molecule has 124 valence electrons. The Balaban J connectivity index is 0.00000192. The normalized spacial score (nSPS) is 15.0. The Morgan fingerprint density at radius 2 is 2.04 bits per heavy atom. The van der Waals surface area contributed by atoms with E-state index >= 15 is 0 Å². The van der Waals surface area contributed by atoms with Gasteiger partial charge in [0.2, 0.25) is 0 Å². The van der Waals surface area contributed by atoms with Crippen molar-refractivity contribution < 1.29 is 9.18 Å². The number of nitrogens with one attached hydrogen (secondary N) is 2. The lowest BCUT2D eigenvalue weighted by molar-refractivity contribution is 0.0938. The highest BCUT2D eigenvalue weighted by atomic mass is 35.5. The smallest absolute Gasteiger partial charge is 0.271 e. The van der Waals surface area contributed by atoms with Crippen LogP contribution in [0.5, 0.6) is 0 Å². The topological polar surface area (TPSA) is 59.0 Å². The van der Waals surface area contributed by atoms with E-state index in [9.17, 15) is 9.18 Å². The van der Waals surface area contributed by atoms with E-state index in [0.29, 0.717) is 23.8 Å². The highest BCUT2D eigenvalue weighted by Gasteiger charge is 2.16. The van der Waals surface area contributed by atoms with E-state index in [1.165, 1.54) is 10.7 Å². The van der Waals surface area contributed by atoms with Crippen molar-refractivity contribution in [2.24, 2.45) is 5.92 Å². The van der Waals surface area contributed by atoms with Crippen LogP contribution in [-0.2, 0) is 0 Å². The SMILES string of the molecule is Cl.O=C(NCC1CCNCC1)c1ccn(-c2ccccc2F)n1. The quantitative estimate of drug-likeness (QED) is 0.898. The van der Waals surface area contributed by atoms with E-state index in [4.69, 9.17) is 0 Å². The third-order valence-corrected chi connectivity index (χ3v) is 3.93. The number of halogens is 2. The van der Waals surface area contributed by atoms with Gasteiger partial charge in [-0.1, -0.05) is 12.1 Å². The first kappa shape index (κ1) is 17.4. The molecule has 1 amide bonds. The van der Waals surface area contributed by atoms with Crippen LogP contribution in [0.1, 0.15) is 23.3 Å². The van der Waals surface area contributed by atoms with Crippen LogP contribution in [0.3, 0.4) is 0 Å². The fourth-order valence-electron chi connectivity index (χ4n) is 2.63. The zero-order chi connectivity index (χ0) is 15.4. The largest absolute Gasteiger partial charge is 0.350 e. The zero-order valence-corrected chi connectivity index (χ0v) is 13.5. The molecule has 7 heteroatoms. The Bertz CT molecular complexity index is 655. The van der Waals surface area contributed by atoms with E-state index in [2.05, 4.69) is 15.7 Å². The Labute approximate surface area is 140 Å². The van der Waals surface area contributed by atoms with Crippen molar-refractivity contribution in [3.05, 3.63) is 48.0 Å². The van der Waals surface area contributed by atoms with Gasteiger partial charge in [-0.3, -0.25) is 4.79 Å². The van der Waals surface area contributed by atoms with E-state index in [1.807, 2.05) is 0 Å². The molecular weight excluding hydrogens is 319 g/mol. The summed E-state index contributed by atoms with van der Waals surface area (Å²) in [6.45, 7) is 2.66. The summed E-state index contributed by atoms with van der Waals surface area (Å²) in [5.41, 5.74) is 0.636. The molecule has 0 atom stereocenters. The summed E-state index contributed by atoms with van der Waals surface area (Å²) in [6, 6.07) is 7.95. The third kappa shape index (κ3) is 4.30. The molecule has 2 heterocycles. The van der Waals surface area contributed by atoms with Crippen LogP contribution in [0.15, 0.2) is 36.5 Å². The second-order valence-corrected chi connectivity index (χ2v) is 5.50. The summed E-state index contributed by atoms with van der Waals surface area (Å²) in [6.07, 6.45) is 3.74. The number of amides is 1. The molecule has 1 fully saturated rings. The van der Waals surface area contributed by atoms with Gasteiger partial charge in [0.15, 0.2) is 5.69 Å². The molecule has 0 bridgehead atoms. The molecule has 1 aromatic carbocycles. The van der Waals surface area contributed by atoms with Crippen LogP contribution >= 0.6 is 12.4 Å². The minimum absolute atomic E-state index is 0. The molecule has 1 saturated heterocycles. The third-order valence-electron chi connectivity index (χ3n) is 3.93. The first-order valence-corrected chi connectivity index (χ1v) is 7.53. The number of rotatable bonds is 4. The van der Waals surface area contributed by atoms with E-state index in [0.717, 1.165) is 25.9 Å². The van der Waals surface area contributed by atoms with Gasteiger partial charge in [0.1, 0.15) is 11.5 Å². The summed E-state index contributed by atoms with van der Waals surface area (Å²) in [4.78, 5) is 12.1. The van der Waals surface area contributed by atoms with Crippen molar-refractivity contribution in [2.45, 2.75) is 12.8 Å². The molecule has 0 unspecified atom stereocenters. The molecule has 2 N–H and O–H groups in total. The summed E-state index contributed by atoms with van der Waals surface area (Å²) in [5, 5.41) is 10.4. The number of hydrogen-bond acceptors (Lipinski definition) is 3. The van der Waals surface area contributed by atoms with Crippen molar-refractivity contribution in [3.8, 4) is 5.69 Å². The lowest BCUT2D eigenvalue weighted by Gasteiger charge is -2.22. The number of carbonyl (C=O) groups is 1. The second kappa shape index (κ2) is 8.08. The Morgan fingerprint density at radius 1 is 1.30 bits per heavy atom. The van der Waals surface area contributed by atoms with Gasteiger partial charge < -0.3 is 10.6 Å². The Hall–Kier alpha value is -1.92. The van der Waals surface area contributed by atoms with Crippen LogP contribution in [0.4, 0.5) is 4.39 Å². The van der Waals surface area contributed by atoms with Gasteiger partial charge in [-0.25, -0.2) is 9.07 Å². The molecule has 1 aliphatic rings. The molecule has 0 spiro atoms. The highest BCUT2D eigenvalue weighted by Crippen LogP contribution is 2.13. The van der Waals surface area contributed by atoms with Crippen molar-refractivity contribution in [1.29, 1.82) is 0 Å². The summed E-state index contributed by atoms with van der Waals surface area (Å²) < 4.78 is 15.1. The van der Waals surface area contributed by atoms with Gasteiger partial charge in [0.25, 0.3) is 5.91 Å². The van der Waals surface area contributed by atoms with Crippen LogP contribution < -0.4 is 10.6 Å². The van der Waals surface area contributed by atoms with Crippen molar-refractivity contribution in [1.82, 2.24) is 20.4 Å². The van der Waals surface area contributed by atoms with E-state index < -0.39 is 0 Å². The molecule has 0 saturated carbocycles. The number of carbonyl (C=O) groups excluding carboxylic acids is 1. The number of hydrogen-bond donors (Lipinski definition) is 2. The van der Waals surface area contributed by atoms with Gasteiger partial charge in [0.05, 0.1) is 0 Å². The Kier molecular flexibility index (Phi) is 6.12. The maximum atomic E-state index is 13.7. The van der Waals surface area contributed by atoms with Crippen LogP contribution in [0.2, 0.25) is 0 Å². The monoisotopic (exact) mass is 338 g/mol. The highest BCUT2D eigenvalue weighted by molar-refractivity contribution is 5.92. The molecule has 3 rings (SSSR count). The predicted octanol–water partition coefficient (Wildman–Crippen LogP) is 2.16. The fourth-order valence-corrected chi connectivity index (χ4v) is 2.63. The minimum Gasteiger partial charge on any atom is -0.350 e. The van der Waals surface area contributed by atoms with Crippen LogP contribution in [0, 0.1) is 11.7 Å². The zero-order valence-electron chi connectivity index (χ0n) is 12.7. The summed E-state index contributed by atoms with van der Waals surface area (Å²) >= 11 is 0. The van der Waals surface area contributed by atoms with Crippen molar-refractivity contribution >= 4 is 18.3 Å². The molecule has 23 heavy (non-hydrogen) atoms. The number of nitrogens with zero attached hydrogens (tertiary/aromatic N) is 2. The van der Waals surface area contributed by atoms with Crippen LogP contribution in [-0.4, -0.2) is 35.3 Å². The number of aromatic nitrogens is 2. The molecule has 1 aliphatic heterocycles. The van der Waals surface area contributed by atoms with E-state index in [-0.39, 0.29) is 24.1 Å². The van der Waals surface area contributed by atoms with Gasteiger partial charge in [-0.05, 0) is 50.0 Å². The van der Waals surface area contributed by atoms with E-state index in [1.54, 1.807) is 30.5 Å². The summed E-state index contributed by atoms with van der Waals surface area (Å²) in [7, 11) is 0. The molecule has 1 aromatic heterocycles. The first-order chi connectivity index (χ1) is 10.7. The maximum Gasteiger partial charge on any atom is 0.271 e.